The molecular formula is C10H11Br2NO2. The molecule has 1 atom stereocenters. The Morgan fingerprint density at radius 3 is 2.87 bits per heavy atom. The zero-order chi connectivity index (χ0) is 11.0. The lowest BCUT2D eigenvalue weighted by Crippen LogP contribution is -2.28. The molecular weight excluding hydrogens is 326 g/mol. The van der Waals surface area contributed by atoms with E-state index in [-0.39, 0.29) is 5.91 Å². The fraction of sp³-hybridized carbons (Fsp3) is 0.500. The van der Waals surface area contributed by atoms with Crippen LogP contribution in [0.1, 0.15) is 22.5 Å². The molecule has 0 aliphatic carbocycles. The van der Waals surface area contributed by atoms with Gasteiger partial charge in [0.25, 0.3) is 5.91 Å². The Balaban J connectivity index is 2.17. The highest BCUT2D eigenvalue weighted by Gasteiger charge is 2.27. The van der Waals surface area contributed by atoms with Crippen LogP contribution in [0.15, 0.2) is 15.2 Å². The van der Waals surface area contributed by atoms with E-state index < -0.39 is 0 Å². The van der Waals surface area contributed by atoms with Crippen LogP contribution in [0.25, 0.3) is 0 Å². The summed E-state index contributed by atoms with van der Waals surface area (Å²) in [7, 11) is 0. The smallest absolute Gasteiger partial charge is 0.257 e. The van der Waals surface area contributed by atoms with E-state index in [1.807, 2.05) is 4.90 Å². The van der Waals surface area contributed by atoms with Crippen LogP contribution >= 0.6 is 31.9 Å². The lowest BCUT2D eigenvalue weighted by molar-refractivity contribution is 0.0791. The summed E-state index contributed by atoms with van der Waals surface area (Å²) < 4.78 is 5.89. The maximum absolute atomic E-state index is 12.1. The van der Waals surface area contributed by atoms with Crippen LogP contribution in [-0.4, -0.2) is 28.7 Å². The van der Waals surface area contributed by atoms with Gasteiger partial charge in [-0.05, 0) is 29.3 Å². The van der Waals surface area contributed by atoms with Crippen LogP contribution < -0.4 is 0 Å². The summed E-state index contributed by atoms with van der Waals surface area (Å²) in [5.74, 6) is 0.730. The molecule has 15 heavy (non-hydrogen) atoms. The van der Waals surface area contributed by atoms with Crippen molar-refractivity contribution in [3.63, 3.8) is 0 Å². The topological polar surface area (TPSA) is 33.5 Å². The van der Waals surface area contributed by atoms with Crippen molar-refractivity contribution in [1.82, 2.24) is 4.90 Å². The quantitative estimate of drug-likeness (QED) is 0.739. The molecule has 3 nitrogen and oxygen atoms in total. The Morgan fingerprint density at radius 2 is 2.40 bits per heavy atom. The van der Waals surface area contributed by atoms with Crippen molar-refractivity contribution in [1.29, 1.82) is 0 Å². The number of alkyl halides is 1. The third-order valence-corrected chi connectivity index (χ3v) is 3.67. The summed E-state index contributed by atoms with van der Waals surface area (Å²) in [6.07, 6.45) is 1.02. The first-order chi connectivity index (χ1) is 7.08. The van der Waals surface area contributed by atoms with Crippen molar-refractivity contribution in [3.05, 3.63) is 22.1 Å². The molecule has 1 aliphatic heterocycles. The number of furan rings is 1. The van der Waals surface area contributed by atoms with Gasteiger partial charge in [0, 0.05) is 24.0 Å². The molecule has 1 aliphatic rings. The van der Waals surface area contributed by atoms with Gasteiger partial charge in [-0.25, -0.2) is 0 Å². The molecule has 2 heterocycles. The van der Waals surface area contributed by atoms with Crippen LogP contribution in [0.5, 0.6) is 0 Å². The van der Waals surface area contributed by atoms with Gasteiger partial charge in [0.05, 0.1) is 5.56 Å². The fourth-order valence-corrected chi connectivity index (χ4v) is 2.76. The molecule has 1 amide bonds. The van der Waals surface area contributed by atoms with E-state index >= 15 is 0 Å². The molecule has 1 aromatic rings. The van der Waals surface area contributed by atoms with Gasteiger partial charge in [-0.2, -0.15) is 0 Å². The van der Waals surface area contributed by atoms with Gasteiger partial charge < -0.3 is 9.32 Å². The van der Waals surface area contributed by atoms with Crippen LogP contribution in [0, 0.1) is 6.92 Å². The number of halogens is 2. The van der Waals surface area contributed by atoms with E-state index in [1.54, 1.807) is 13.0 Å². The standard InChI is InChI=1S/C10H11Br2NO2/c1-6-8(4-9(12)15-6)10(14)13-3-2-7(11)5-13/h4,7H,2-3,5H2,1H3. The SMILES string of the molecule is Cc1oc(Br)cc1C(=O)N1CCC(Br)C1. The van der Waals surface area contributed by atoms with E-state index in [0.29, 0.717) is 20.8 Å². The third kappa shape index (κ3) is 2.28. The summed E-state index contributed by atoms with van der Waals surface area (Å²) in [6, 6.07) is 1.74. The molecule has 2 rings (SSSR count). The summed E-state index contributed by atoms with van der Waals surface area (Å²) in [5.41, 5.74) is 0.656. The maximum atomic E-state index is 12.1. The Hall–Kier alpha value is -0.290. The number of aryl methyl sites for hydroxylation is 1. The number of hydrogen-bond acceptors (Lipinski definition) is 2. The predicted octanol–water partition coefficient (Wildman–Crippen LogP) is 2.96. The predicted molar refractivity (Wildman–Crippen MR) is 64.4 cm³/mol. The van der Waals surface area contributed by atoms with E-state index in [4.69, 9.17) is 4.42 Å². The van der Waals surface area contributed by atoms with Crippen molar-refractivity contribution in [2.75, 3.05) is 13.1 Å². The minimum Gasteiger partial charge on any atom is -0.454 e. The molecule has 1 unspecified atom stereocenters. The zero-order valence-corrected chi connectivity index (χ0v) is 11.5. The number of hydrogen-bond donors (Lipinski definition) is 0. The second-order valence-corrected chi connectivity index (χ2v) is 5.73. The summed E-state index contributed by atoms with van der Waals surface area (Å²) in [5, 5.41) is 0. The lowest BCUT2D eigenvalue weighted by Gasteiger charge is -2.14. The van der Waals surface area contributed by atoms with Crippen molar-refractivity contribution >= 4 is 37.8 Å². The number of carbonyl (C=O) groups excluding carboxylic acids is 1. The van der Waals surface area contributed by atoms with Crippen molar-refractivity contribution < 1.29 is 9.21 Å². The van der Waals surface area contributed by atoms with Crippen LogP contribution in [0.2, 0.25) is 0 Å². The van der Waals surface area contributed by atoms with Crippen molar-refractivity contribution in [2.24, 2.45) is 0 Å². The molecule has 0 spiro atoms. The molecule has 0 N–H and O–H groups in total. The van der Waals surface area contributed by atoms with E-state index in [2.05, 4.69) is 31.9 Å². The van der Waals surface area contributed by atoms with Gasteiger partial charge in [-0.1, -0.05) is 15.9 Å². The molecule has 0 radical (unpaired) electrons. The summed E-state index contributed by atoms with van der Waals surface area (Å²) in [4.78, 5) is 14.3. The first-order valence-corrected chi connectivity index (χ1v) is 6.48. The Labute approximate surface area is 105 Å². The van der Waals surface area contributed by atoms with Gasteiger partial charge in [-0.15, -0.1) is 0 Å². The Bertz CT molecular complexity index is 389. The van der Waals surface area contributed by atoms with Gasteiger partial charge in [0.15, 0.2) is 4.67 Å². The molecule has 1 saturated heterocycles. The molecule has 0 aromatic carbocycles. The average molecular weight is 337 g/mol. The number of rotatable bonds is 1. The normalized spacial score (nSPS) is 21.0. The molecule has 82 valence electrons. The van der Waals surface area contributed by atoms with Gasteiger partial charge in [-0.3, -0.25) is 4.79 Å². The van der Waals surface area contributed by atoms with E-state index in [0.717, 1.165) is 19.5 Å². The number of carbonyl (C=O) groups is 1. The first-order valence-electron chi connectivity index (χ1n) is 4.77. The second-order valence-electron chi connectivity index (χ2n) is 3.66. The molecule has 1 aromatic heterocycles. The van der Waals surface area contributed by atoms with Crippen LogP contribution in [0.3, 0.4) is 0 Å². The highest BCUT2D eigenvalue weighted by Crippen LogP contribution is 2.24. The first kappa shape index (κ1) is 11.2. The van der Waals surface area contributed by atoms with Gasteiger partial charge in [0.1, 0.15) is 5.76 Å². The summed E-state index contributed by atoms with van der Waals surface area (Å²) in [6.45, 7) is 3.40. The zero-order valence-electron chi connectivity index (χ0n) is 8.30. The Morgan fingerprint density at radius 1 is 1.67 bits per heavy atom. The monoisotopic (exact) mass is 335 g/mol. The molecule has 1 fully saturated rings. The minimum absolute atomic E-state index is 0.0592. The number of likely N-dealkylation sites (tertiary alicyclic amines) is 1. The number of amides is 1. The average Bonchev–Trinajstić information content (AvgIpc) is 2.71. The summed E-state index contributed by atoms with van der Waals surface area (Å²) >= 11 is 6.74. The lowest BCUT2D eigenvalue weighted by atomic mass is 10.2. The Kier molecular flexibility index (Phi) is 3.21. The highest BCUT2D eigenvalue weighted by atomic mass is 79.9. The van der Waals surface area contributed by atoms with Gasteiger partial charge in [0.2, 0.25) is 0 Å². The largest absolute Gasteiger partial charge is 0.454 e. The van der Waals surface area contributed by atoms with E-state index in [1.165, 1.54) is 0 Å². The van der Waals surface area contributed by atoms with Crippen molar-refractivity contribution in [2.45, 2.75) is 18.2 Å². The fourth-order valence-electron chi connectivity index (χ4n) is 1.73. The van der Waals surface area contributed by atoms with Crippen LogP contribution in [0.4, 0.5) is 0 Å². The van der Waals surface area contributed by atoms with E-state index in [9.17, 15) is 4.79 Å². The maximum Gasteiger partial charge on any atom is 0.257 e. The molecule has 0 saturated carbocycles. The highest BCUT2D eigenvalue weighted by molar-refractivity contribution is 9.10. The minimum atomic E-state index is 0.0592. The molecule has 5 heteroatoms. The third-order valence-electron chi connectivity index (χ3n) is 2.54. The van der Waals surface area contributed by atoms with Crippen LogP contribution in [-0.2, 0) is 0 Å². The second kappa shape index (κ2) is 4.29. The van der Waals surface area contributed by atoms with Crippen molar-refractivity contribution in [3.8, 4) is 0 Å². The molecule has 0 bridgehead atoms. The van der Waals surface area contributed by atoms with Gasteiger partial charge >= 0.3 is 0 Å². The number of nitrogens with zero attached hydrogens (tertiary/aromatic N) is 1.